The zero-order valence-electron chi connectivity index (χ0n) is 23.5. The summed E-state index contributed by atoms with van der Waals surface area (Å²) in [5.74, 6) is -0.727. The molecule has 2 N–H and O–H groups in total. The van der Waals surface area contributed by atoms with Gasteiger partial charge in [0.2, 0.25) is 11.8 Å². The number of ether oxygens (including phenoxy) is 1. The third-order valence-electron chi connectivity index (χ3n) is 5.75. The van der Waals surface area contributed by atoms with E-state index < -0.39 is 23.8 Å². The standard InChI is InChI=1S/C28H47N3O4/c1-11-12-13-16-29-25(32)24(22-17-20(6)14-15-21(22)7)31(19(4)5)26(33)23(18(2)3)30-27(34)35-28(8,9)10/h14-15,17-19,23-24H,11-13,16H2,1-10H3,(H,29,32)(H,30,34). The molecule has 7 nitrogen and oxygen atoms in total. The van der Waals surface area contributed by atoms with Crippen molar-refractivity contribution >= 4 is 17.9 Å². The van der Waals surface area contributed by atoms with Crippen molar-refractivity contribution in [3.8, 4) is 0 Å². The second kappa shape index (κ2) is 13.5. The molecule has 0 aromatic heterocycles. The molecule has 1 aromatic rings. The minimum atomic E-state index is -0.840. The normalized spacial score (nSPS) is 13.4. The van der Waals surface area contributed by atoms with Gasteiger partial charge in [-0.15, -0.1) is 0 Å². The zero-order chi connectivity index (χ0) is 26.9. The van der Waals surface area contributed by atoms with Gasteiger partial charge in [0.25, 0.3) is 0 Å². The Morgan fingerprint density at radius 2 is 1.66 bits per heavy atom. The maximum Gasteiger partial charge on any atom is 0.408 e. The van der Waals surface area contributed by atoms with Crippen molar-refractivity contribution in [2.45, 2.75) is 112 Å². The topological polar surface area (TPSA) is 87.7 Å². The van der Waals surface area contributed by atoms with Gasteiger partial charge in [-0.05, 0) is 71.9 Å². The van der Waals surface area contributed by atoms with Crippen LogP contribution in [0, 0.1) is 19.8 Å². The highest BCUT2D eigenvalue weighted by molar-refractivity contribution is 5.92. The summed E-state index contributed by atoms with van der Waals surface area (Å²) in [7, 11) is 0. The molecule has 198 valence electrons. The first-order chi connectivity index (χ1) is 16.2. The van der Waals surface area contributed by atoms with Crippen LogP contribution in [0.2, 0.25) is 0 Å². The van der Waals surface area contributed by atoms with Crippen molar-refractivity contribution in [2.24, 2.45) is 5.92 Å². The molecule has 2 atom stereocenters. The zero-order valence-corrected chi connectivity index (χ0v) is 23.5. The number of aryl methyl sites for hydroxylation is 2. The highest BCUT2D eigenvalue weighted by Gasteiger charge is 2.39. The summed E-state index contributed by atoms with van der Waals surface area (Å²) in [5, 5.41) is 5.80. The molecule has 0 aliphatic carbocycles. The van der Waals surface area contributed by atoms with Gasteiger partial charge in [0, 0.05) is 12.6 Å². The Hall–Kier alpha value is -2.57. The third-order valence-corrected chi connectivity index (χ3v) is 5.75. The number of carbonyl (C=O) groups is 3. The smallest absolute Gasteiger partial charge is 0.408 e. The molecule has 7 heteroatoms. The Kier molecular flexibility index (Phi) is 11.7. The molecule has 0 aliphatic heterocycles. The highest BCUT2D eigenvalue weighted by Crippen LogP contribution is 2.29. The molecule has 1 rings (SSSR count). The van der Waals surface area contributed by atoms with Crippen LogP contribution in [-0.4, -0.2) is 47.0 Å². The number of carbonyl (C=O) groups excluding carboxylic acids is 3. The first kappa shape index (κ1) is 30.5. The van der Waals surface area contributed by atoms with Crippen LogP contribution in [0.3, 0.4) is 0 Å². The van der Waals surface area contributed by atoms with Crippen LogP contribution in [0.1, 0.15) is 97.4 Å². The molecule has 35 heavy (non-hydrogen) atoms. The van der Waals surface area contributed by atoms with Crippen LogP contribution in [-0.2, 0) is 14.3 Å². The monoisotopic (exact) mass is 489 g/mol. The number of unbranched alkanes of at least 4 members (excludes halogenated alkanes) is 2. The molecule has 1 aromatic carbocycles. The van der Waals surface area contributed by atoms with Crippen molar-refractivity contribution in [2.75, 3.05) is 6.54 Å². The van der Waals surface area contributed by atoms with Gasteiger partial charge in [0.1, 0.15) is 17.7 Å². The van der Waals surface area contributed by atoms with Crippen molar-refractivity contribution < 1.29 is 19.1 Å². The van der Waals surface area contributed by atoms with Gasteiger partial charge < -0.3 is 20.3 Å². The van der Waals surface area contributed by atoms with E-state index in [0.717, 1.165) is 36.0 Å². The number of rotatable bonds is 11. The summed E-state index contributed by atoms with van der Waals surface area (Å²) < 4.78 is 5.41. The predicted molar refractivity (Wildman–Crippen MR) is 141 cm³/mol. The third kappa shape index (κ3) is 9.54. The van der Waals surface area contributed by atoms with Crippen LogP contribution >= 0.6 is 0 Å². The van der Waals surface area contributed by atoms with Crippen molar-refractivity contribution in [3.63, 3.8) is 0 Å². The number of alkyl carbamates (subject to hydrolysis) is 1. The lowest BCUT2D eigenvalue weighted by Crippen LogP contribution is -2.56. The summed E-state index contributed by atoms with van der Waals surface area (Å²) >= 11 is 0. The summed E-state index contributed by atoms with van der Waals surface area (Å²) in [6.45, 7) is 19.5. The lowest BCUT2D eigenvalue weighted by Gasteiger charge is -2.38. The fraction of sp³-hybridized carbons (Fsp3) is 0.679. The van der Waals surface area contributed by atoms with Gasteiger partial charge >= 0.3 is 6.09 Å². The molecule has 0 spiro atoms. The summed E-state index contributed by atoms with van der Waals surface area (Å²) in [5.41, 5.74) is 2.05. The van der Waals surface area contributed by atoms with Crippen LogP contribution in [0.15, 0.2) is 18.2 Å². The van der Waals surface area contributed by atoms with E-state index in [0.29, 0.717) is 6.54 Å². The number of benzene rings is 1. The van der Waals surface area contributed by atoms with Crippen molar-refractivity contribution in [3.05, 3.63) is 34.9 Å². The van der Waals surface area contributed by atoms with E-state index in [1.54, 1.807) is 25.7 Å². The molecule has 0 bridgehead atoms. The van der Waals surface area contributed by atoms with Crippen LogP contribution in [0.4, 0.5) is 4.79 Å². The molecule has 0 saturated carbocycles. The summed E-state index contributed by atoms with van der Waals surface area (Å²) in [6.07, 6.45) is 2.31. The quantitative estimate of drug-likeness (QED) is 0.405. The fourth-order valence-corrected chi connectivity index (χ4v) is 3.94. The van der Waals surface area contributed by atoms with Gasteiger partial charge in [-0.1, -0.05) is 57.4 Å². The Bertz CT molecular complexity index is 858. The number of hydrogen-bond acceptors (Lipinski definition) is 4. The van der Waals surface area contributed by atoms with Gasteiger partial charge in [-0.25, -0.2) is 4.79 Å². The maximum atomic E-state index is 14.0. The molecule has 0 aliphatic rings. The molecule has 0 heterocycles. The minimum absolute atomic E-state index is 0.205. The van der Waals surface area contributed by atoms with E-state index in [1.165, 1.54) is 0 Å². The van der Waals surface area contributed by atoms with Crippen LogP contribution in [0.25, 0.3) is 0 Å². The number of nitrogens with one attached hydrogen (secondary N) is 2. The predicted octanol–water partition coefficient (Wildman–Crippen LogP) is 5.44. The highest BCUT2D eigenvalue weighted by atomic mass is 16.6. The largest absolute Gasteiger partial charge is 0.444 e. The Morgan fingerprint density at radius 3 is 2.17 bits per heavy atom. The minimum Gasteiger partial charge on any atom is -0.444 e. The average Bonchev–Trinajstić information content (AvgIpc) is 2.73. The van der Waals surface area contributed by atoms with Crippen LogP contribution in [0.5, 0.6) is 0 Å². The Balaban J connectivity index is 3.44. The van der Waals surface area contributed by atoms with E-state index in [1.807, 2.05) is 59.7 Å². The van der Waals surface area contributed by atoms with E-state index in [9.17, 15) is 14.4 Å². The van der Waals surface area contributed by atoms with Crippen molar-refractivity contribution in [1.82, 2.24) is 15.5 Å². The van der Waals surface area contributed by atoms with Gasteiger partial charge in [0.15, 0.2) is 0 Å². The Morgan fingerprint density at radius 1 is 1.03 bits per heavy atom. The molecular weight excluding hydrogens is 442 g/mol. The summed E-state index contributed by atoms with van der Waals surface area (Å²) in [6, 6.07) is 4.01. The SMILES string of the molecule is CCCCCNC(=O)C(c1cc(C)ccc1C)N(C(=O)C(NC(=O)OC(C)(C)C)C(C)C)C(C)C. The fourth-order valence-electron chi connectivity index (χ4n) is 3.94. The van der Waals surface area contributed by atoms with E-state index >= 15 is 0 Å². The summed E-state index contributed by atoms with van der Waals surface area (Å²) in [4.78, 5) is 41.8. The molecule has 0 radical (unpaired) electrons. The first-order valence-corrected chi connectivity index (χ1v) is 12.9. The van der Waals surface area contributed by atoms with E-state index in [2.05, 4.69) is 17.6 Å². The van der Waals surface area contributed by atoms with E-state index in [4.69, 9.17) is 4.74 Å². The van der Waals surface area contributed by atoms with Gasteiger partial charge in [0.05, 0.1) is 0 Å². The van der Waals surface area contributed by atoms with Gasteiger partial charge in [-0.3, -0.25) is 9.59 Å². The number of amides is 3. The molecule has 3 amide bonds. The molecule has 0 saturated heterocycles. The lowest BCUT2D eigenvalue weighted by atomic mass is 9.94. The molecular formula is C28H47N3O4. The van der Waals surface area contributed by atoms with Crippen molar-refractivity contribution in [1.29, 1.82) is 0 Å². The molecule has 0 fully saturated rings. The molecule has 2 unspecified atom stereocenters. The average molecular weight is 490 g/mol. The Labute approximate surface area is 212 Å². The second-order valence-corrected chi connectivity index (χ2v) is 11.0. The lowest BCUT2D eigenvalue weighted by molar-refractivity contribution is -0.145. The van der Waals surface area contributed by atoms with Crippen LogP contribution < -0.4 is 10.6 Å². The number of hydrogen-bond donors (Lipinski definition) is 2. The maximum absolute atomic E-state index is 14.0. The second-order valence-electron chi connectivity index (χ2n) is 11.0. The first-order valence-electron chi connectivity index (χ1n) is 12.9. The van der Waals surface area contributed by atoms with Gasteiger partial charge in [-0.2, -0.15) is 0 Å². The van der Waals surface area contributed by atoms with E-state index in [-0.39, 0.29) is 23.8 Å². The number of nitrogens with zero attached hydrogens (tertiary/aromatic N) is 1.